The average Bonchev–Trinajstić information content (AvgIpc) is 2.46. The van der Waals surface area contributed by atoms with Crippen LogP contribution in [0.3, 0.4) is 0 Å². The van der Waals surface area contributed by atoms with Gasteiger partial charge in [-0.2, -0.15) is 0 Å². The Hall–Kier alpha value is -1.42. The highest BCUT2D eigenvalue weighted by atomic mass is 19.1. The van der Waals surface area contributed by atoms with Crippen molar-refractivity contribution in [3.63, 3.8) is 0 Å². The number of nitrogens with one attached hydrogen (secondary N) is 1. The third-order valence-electron chi connectivity index (χ3n) is 4.19. The van der Waals surface area contributed by atoms with Crippen molar-refractivity contribution in [1.29, 1.82) is 0 Å². The van der Waals surface area contributed by atoms with E-state index in [1.165, 1.54) is 37.8 Å². The smallest absolute Gasteiger partial charge is 0.275 e. The lowest BCUT2D eigenvalue weighted by Crippen LogP contribution is -2.93. The van der Waals surface area contributed by atoms with E-state index in [0.717, 1.165) is 5.56 Å². The minimum absolute atomic E-state index is 0.0482. The molecule has 0 spiro atoms. The van der Waals surface area contributed by atoms with E-state index < -0.39 is 0 Å². The molecule has 2 atom stereocenters. The second kappa shape index (κ2) is 7.39. The van der Waals surface area contributed by atoms with E-state index >= 15 is 0 Å². The molecule has 1 fully saturated rings. The molecule has 0 unspecified atom stereocenters. The highest BCUT2D eigenvalue weighted by Crippen LogP contribution is 2.21. The number of carbonyl (C=O) groups excluding carboxylic acids is 1. The molecule has 1 aromatic rings. The van der Waals surface area contributed by atoms with Crippen LogP contribution in [0.15, 0.2) is 24.3 Å². The third-order valence-corrected chi connectivity index (χ3v) is 4.19. The van der Waals surface area contributed by atoms with Gasteiger partial charge in [0.25, 0.3) is 5.91 Å². The second-order valence-electron chi connectivity index (χ2n) is 5.77. The maximum atomic E-state index is 12.8. The number of benzene rings is 1. The maximum Gasteiger partial charge on any atom is 0.275 e. The SMILES string of the molecule is C[C@@H]1CCCC[C@H]1[NH2+]CC(=O)NCc1ccc(F)cc1. The molecule has 1 aliphatic rings. The summed E-state index contributed by atoms with van der Waals surface area (Å²) in [5, 5.41) is 5.05. The van der Waals surface area contributed by atoms with Gasteiger partial charge in [0.15, 0.2) is 6.54 Å². The van der Waals surface area contributed by atoms with Crippen LogP contribution in [0.2, 0.25) is 0 Å². The first kappa shape index (κ1) is 15.0. The summed E-state index contributed by atoms with van der Waals surface area (Å²) >= 11 is 0. The van der Waals surface area contributed by atoms with Crippen LogP contribution in [0.1, 0.15) is 38.2 Å². The van der Waals surface area contributed by atoms with Crippen LogP contribution in [-0.4, -0.2) is 18.5 Å². The zero-order valence-electron chi connectivity index (χ0n) is 12.1. The fourth-order valence-corrected chi connectivity index (χ4v) is 2.83. The first-order valence-corrected chi connectivity index (χ1v) is 7.49. The molecule has 0 heterocycles. The van der Waals surface area contributed by atoms with E-state index in [1.54, 1.807) is 12.1 Å². The molecule has 1 aromatic carbocycles. The summed E-state index contributed by atoms with van der Waals surface area (Å²) in [6, 6.07) is 6.81. The van der Waals surface area contributed by atoms with Crippen molar-refractivity contribution in [3.05, 3.63) is 35.6 Å². The van der Waals surface area contributed by atoms with Gasteiger partial charge in [-0.05, 0) is 37.0 Å². The van der Waals surface area contributed by atoms with Crippen molar-refractivity contribution < 1.29 is 14.5 Å². The summed E-state index contributed by atoms with van der Waals surface area (Å²) < 4.78 is 12.8. The first-order valence-electron chi connectivity index (χ1n) is 7.49. The zero-order chi connectivity index (χ0) is 14.4. The Kier molecular flexibility index (Phi) is 5.53. The van der Waals surface area contributed by atoms with Crippen LogP contribution < -0.4 is 10.6 Å². The zero-order valence-corrected chi connectivity index (χ0v) is 12.1. The van der Waals surface area contributed by atoms with Gasteiger partial charge in [0.1, 0.15) is 5.82 Å². The molecule has 20 heavy (non-hydrogen) atoms. The Morgan fingerprint density at radius 1 is 1.30 bits per heavy atom. The lowest BCUT2D eigenvalue weighted by atomic mass is 9.86. The third kappa shape index (κ3) is 4.60. The number of amides is 1. The van der Waals surface area contributed by atoms with E-state index in [-0.39, 0.29) is 11.7 Å². The molecule has 4 heteroatoms. The fourth-order valence-electron chi connectivity index (χ4n) is 2.83. The molecule has 0 aliphatic heterocycles. The quantitative estimate of drug-likeness (QED) is 0.844. The summed E-state index contributed by atoms with van der Waals surface area (Å²) in [5.74, 6) is 0.500. The van der Waals surface area contributed by atoms with Crippen molar-refractivity contribution >= 4 is 5.91 Å². The highest BCUT2D eigenvalue weighted by molar-refractivity contribution is 5.76. The lowest BCUT2D eigenvalue weighted by molar-refractivity contribution is -0.687. The molecule has 2 rings (SSSR count). The maximum absolute atomic E-state index is 12.8. The average molecular weight is 279 g/mol. The Morgan fingerprint density at radius 2 is 2.00 bits per heavy atom. The Balaban J connectivity index is 1.68. The molecule has 0 aromatic heterocycles. The fraction of sp³-hybridized carbons (Fsp3) is 0.562. The highest BCUT2D eigenvalue weighted by Gasteiger charge is 2.24. The molecule has 1 saturated carbocycles. The van der Waals surface area contributed by atoms with Crippen molar-refractivity contribution in [1.82, 2.24) is 5.32 Å². The number of hydrogen-bond acceptors (Lipinski definition) is 1. The van der Waals surface area contributed by atoms with Crippen LogP contribution in [-0.2, 0) is 11.3 Å². The van der Waals surface area contributed by atoms with Gasteiger partial charge < -0.3 is 10.6 Å². The number of hydrogen-bond donors (Lipinski definition) is 2. The van der Waals surface area contributed by atoms with Crippen molar-refractivity contribution in [2.75, 3.05) is 6.54 Å². The largest absolute Gasteiger partial charge is 0.347 e. The van der Waals surface area contributed by atoms with Crippen LogP contribution in [0, 0.1) is 11.7 Å². The minimum atomic E-state index is -0.250. The normalized spacial score (nSPS) is 22.5. The van der Waals surface area contributed by atoms with E-state index in [4.69, 9.17) is 0 Å². The second-order valence-corrected chi connectivity index (χ2v) is 5.77. The molecule has 110 valence electrons. The van der Waals surface area contributed by atoms with E-state index in [0.29, 0.717) is 25.0 Å². The minimum Gasteiger partial charge on any atom is -0.347 e. The molecule has 3 nitrogen and oxygen atoms in total. The predicted molar refractivity (Wildman–Crippen MR) is 76.5 cm³/mol. The standard InChI is InChI=1S/C16H23FN2O/c1-12-4-2-3-5-15(12)18-11-16(20)19-10-13-6-8-14(17)9-7-13/h6-9,12,15,18H,2-5,10-11H2,1H3,(H,19,20)/p+1/t12-,15-/m1/s1. The van der Waals surface area contributed by atoms with Gasteiger partial charge >= 0.3 is 0 Å². The van der Waals surface area contributed by atoms with Crippen LogP contribution in [0.5, 0.6) is 0 Å². The predicted octanol–water partition coefficient (Wildman–Crippen LogP) is 1.58. The van der Waals surface area contributed by atoms with Crippen LogP contribution >= 0.6 is 0 Å². The lowest BCUT2D eigenvalue weighted by Gasteiger charge is -2.26. The molecule has 1 aliphatic carbocycles. The Bertz CT molecular complexity index is 433. The van der Waals surface area contributed by atoms with Gasteiger partial charge in [-0.15, -0.1) is 0 Å². The van der Waals surface area contributed by atoms with Gasteiger partial charge in [0.2, 0.25) is 0 Å². The summed E-state index contributed by atoms with van der Waals surface area (Å²) in [6.45, 7) is 3.22. The molecule has 3 N–H and O–H groups in total. The number of halogens is 1. The molecule has 1 amide bonds. The van der Waals surface area contributed by atoms with Crippen LogP contribution in [0.25, 0.3) is 0 Å². The molecule has 0 radical (unpaired) electrons. The Morgan fingerprint density at radius 3 is 2.70 bits per heavy atom. The van der Waals surface area contributed by atoms with Crippen molar-refractivity contribution in [3.8, 4) is 0 Å². The van der Waals surface area contributed by atoms with Gasteiger partial charge in [0.05, 0.1) is 6.04 Å². The number of nitrogens with two attached hydrogens (primary N) is 1. The van der Waals surface area contributed by atoms with E-state index in [2.05, 4.69) is 17.6 Å². The summed E-state index contributed by atoms with van der Waals surface area (Å²) in [7, 11) is 0. The van der Waals surface area contributed by atoms with Crippen molar-refractivity contribution in [2.24, 2.45) is 5.92 Å². The summed E-state index contributed by atoms with van der Waals surface area (Å²) in [4.78, 5) is 11.8. The topological polar surface area (TPSA) is 45.7 Å². The molecular formula is C16H24FN2O+. The van der Waals surface area contributed by atoms with E-state index in [9.17, 15) is 9.18 Å². The number of carbonyl (C=O) groups is 1. The molecule has 0 saturated heterocycles. The van der Waals surface area contributed by atoms with Crippen molar-refractivity contribution in [2.45, 2.75) is 45.2 Å². The first-order chi connectivity index (χ1) is 9.65. The van der Waals surface area contributed by atoms with Gasteiger partial charge in [0, 0.05) is 12.5 Å². The summed E-state index contributed by atoms with van der Waals surface area (Å²) in [6.07, 6.45) is 5.09. The van der Waals surface area contributed by atoms with Gasteiger partial charge in [-0.1, -0.05) is 25.5 Å². The number of rotatable bonds is 5. The molecular weight excluding hydrogens is 255 g/mol. The number of quaternary nitrogens is 1. The Labute approximate surface area is 120 Å². The van der Waals surface area contributed by atoms with Gasteiger partial charge in [-0.25, -0.2) is 4.39 Å². The van der Waals surface area contributed by atoms with Crippen LogP contribution in [0.4, 0.5) is 4.39 Å². The van der Waals surface area contributed by atoms with Gasteiger partial charge in [-0.3, -0.25) is 4.79 Å². The summed E-state index contributed by atoms with van der Waals surface area (Å²) in [5.41, 5.74) is 0.922. The molecule has 0 bridgehead atoms. The van der Waals surface area contributed by atoms with E-state index in [1.807, 2.05) is 0 Å². The monoisotopic (exact) mass is 279 g/mol.